The Morgan fingerprint density at radius 3 is 1.46 bits per heavy atom. The molecule has 3 heteroatoms. The van der Waals surface area contributed by atoms with Crippen molar-refractivity contribution in [2.45, 2.75) is 6.42 Å². The van der Waals surface area contributed by atoms with Gasteiger partial charge in [-0.15, -0.1) is 6.42 Å². The number of hydrogen-bond acceptors (Lipinski definition) is 0. The minimum Gasteiger partial charge on any atom is -0.358 e. The Labute approximate surface area is 108 Å². The fourth-order valence-electron chi connectivity index (χ4n) is 0.340. The first-order valence-electron chi connectivity index (χ1n) is 1.97. The second-order valence-electron chi connectivity index (χ2n) is 1.05. The van der Waals surface area contributed by atoms with Gasteiger partial charge in [0.05, 0.1) is 0 Å². The molecule has 0 saturated heterocycles. The summed E-state index contributed by atoms with van der Waals surface area (Å²) in [5, 5.41) is 0. The largest absolute Gasteiger partial charge is 0.358 e. The van der Waals surface area contributed by atoms with Crippen LogP contribution in [0.15, 0.2) is 18.2 Å². The summed E-state index contributed by atoms with van der Waals surface area (Å²) in [7, 11) is 0. The van der Waals surface area contributed by atoms with Crippen LogP contribution in [-0.4, -0.2) is 0 Å². The van der Waals surface area contributed by atoms with Gasteiger partial charge in [0.1, 0.15) is 0 Å². The summed E-state index contributed by atoms with van der Waals surface area (Å²) in [6, 6.07) is 0. The summed E-state index contributed by atoms with van der Waals surface area (Å²) >= 11 is 6.72. The van der Waals surface area contributed by atoms with Gasteiger partial charge < -0.3 is 37.1 Å². The van der Waals surface area contributed by atoms with Crippen LogP contribution in [0.2, 0.25) is 0 Å². The topological polar surface area (TPSA) is 0 Å². The van der Waals surface area contributed by atoms with Crippen molar-refractivity contribution in [1.29, 1.82) is 0 Å². The molecule has 0 aromatic heterocycles. The van der Waals surface area contributed by atoms with Crippen molar-refractivity contribution in [3.63, 3.8) is 0 Å². The molecule has 0 aliphatic heterocycles. The van der Waals surface area contributed by atoms with Gasteiger partial charge in [-0.25, -0.2) is 12.2 Å². The predicted molar refractivity (Wildman–Crippen MR) is 71.5 cm³/mol. The maximum atomic E-state index is 3.13. The molecule has 0 aromatic rings. The average Bonchev–Trinajstić information content (AvgIpc) is 2.17. The molecule has 1 aliphatic rings. The van der Waals surface area contributed by atoms with E-state index in [4.69, 9.17) is 0 Å². The Balaban J connectivity index is -0.0000000144. The van der Waals surface area contributed by atoms with Crippen molar-refractivity contribution in [1.82, 2.24) is 0 Å². The van der Waals surface area contributed by atoms with E-state index in [0.717, 1.165) is 6.42 Å². The van der Waals surface area contributed by atoms with Gasteiger partial charge >= 0.3 is 40.5 Å². The molecule has 0 unspecified atom stereocenters. The molecule has 0 fully saturated rings. The van der Waals surface area contributed by atoms with E-state index in [2.05, 4.69) is 39.4 Å². The third kappa shape index (κ3) is 43.5. The minimum absolute atomic E-state index is 0. The van der Waals surface area contributed by atoms with E-state index in [1.165, 1.54) is 0 Å². The van der Waals surface area contributed by atoms with E-state index in [1.54, 1.807) is 0 Å². The molecule has 0 amide bonds. The summed E-state index contributed by atoms with van der Waals surface area (Å²) < 4.78 is 0. The maximum Gasteiger partial charge on any atom is -0.109 e. The second kappa shape index (κ2) is 38.1. The van der Waals surface area contributed by atoms with Gasteiger partial charge in [0.15, 0.2) is 0 Å². The zero-order valence-corrected chi connectivity index (χ0v) is 13.8. The maximum absolute atomic E-state index is 3.13. The van der Waals surface area contributed by atoms with Gasteiger partial charge in [0, 0.05) is 0 Å². The average molecular weight is 403 g/mol. The normalized spacial score (nSPS) is 8.46. The summed E-state index contributed by atoms with van der Waals surface area (Å²) in [5.41, 5.74) is 0. The van der Waals surface area contributed by atoms with Crippen LogP contribution in [0, 0.1) is 43.2 Å². The fourth-order valence-corrected chi connectivity index (χ4v) is 0.340. The third-order valence-corrected chi connectivity index (χ3v) is 0.586. The van der Waals surface area contributed by atoms with Crippen LogP contribution in [-0.2, 0) is 13.2 Å². The van der Waals surface area contributed by atoms with Crippen molar-refractivity contribution >= 4 is 27.2 Å². The first kappa shape index (κ1) is 36.9. The molecule has 0 heterocycles. The van der Waals surface area contributed by atoms with Crippen LogP contribution in [0.3, 0.4) is 0 Å². The molecule has 0 spiro atoms. The molecule has 0 radical (unpaired) electrons. The summed E-state index contributed by atoms with van der Waals surface area (Å²) in [5.74, 6) is 0. The first-order chi connectivity index (χ1) is 3.91. The quantitative estimate of drug-likeness (QED) is 0.383. The van der Waals surface area contributed by atoms with Gasteiger partial charge in [-0.3, -0.25) is 6.08 Å². The Morgan fingerprint density at radius 2 is 1.38 bits per heavy atom. The fraction of sp³-hybridized carbons (Fsp3) is 0.100. The molecule has 0 N–H and O–H groups in total. The molecule has 1 rings (SSSR count). The Bertz CT molecular complexity index is 80.9. The summed E-state index contributed by atoms with van der Waals surface area (Å²) in [6.07, 6.45) is 10.0. The monoisotopic (exact) mass is 401 g/mol. The van der Waals surface area contributed by atoms with Gasteiger partial charge in [-0.2, -0.15) is 6.08 Å². The Kier molecular flexibility index (Phi) is 108. The molecule has 0 bridgehead atoms. The molecule has 0 aromatic carbocycles. The van der Waals surface area contributed by atoms with Gasteiger partial charge in [-0.05, 0) is 0 Å². The summed E-state index contributed by atoms with van der Waals surface area (Å²) in [6.45, 7) is 0. The Hall–Kier alpha value is 1.06. The minimum atomic E-state index is 0. The second-order valence-corrected chi connectivity index (χ2v) is 8.61. The smallest absolute Gasteiger partial charge is 0.109 e. The predicted octanol–water partition coefficient (Wildman–Crippen LogP) is 5.25. The molecular formula is C10H20Br2Rh-6. The molecule has 0 nitrogen and oxygen atoms in total. The number of rotatable bonds is 0. The number of halogens is 2. The zero-order valence-electron chi connectivity index (χ0n) is 9.03. The van der Waals surface area contributed by atoms with Crippen LogP contribution >= 0.6 is 27.2 Å². The summed E-state index contributed by atoms with van der Waals surface area (Å²) in [4.78, 5) is 0. The molecule has 13 heavy (non-hydrogen) atoms. The number of allylic oxidation sites excluding steroid dienone is 4. The zero-order chi connectivity index (χ0) is 6.24. The molecule has 0 saturated carbocycles. The van der Waals surface area contributed by atoms with Crippen LogP contribution in [0.25, 0.3) is 0 Å². The first-order valence-corrected chi connectivity index (χ1v) is 9.46. The molecular weight excluding hydrogens is 383 g/mol. The van der Waals surface area contributed by atoms with E-state index in [1.807, 2.05) is 12.2 Å². The third-order valence-electron chi connectivity index (χ3n) is 0.586. The van der Waals surface area contributed by atoms with Crippen molar-refractivity contribution in [2.75, 3.05) is 0 Å². The Morgan fingerprint density at radius 1 is 1.00 bits per heavy atom. The molecule has 0 atom stereocenters. The van der Waals surface area contributed by atoms with Crippen LogP contribution in [0.5, 0.6) is 0 Å². The van der Waals surface area contributed by atoms with E-state index in [9.17, 15) is 0 Å². The van der Waals surface area contributed by atoms with E-state index in [0.29, 0.717) is 13.2 Å². The van der Waals surface area contributed by atoms with Crippen LogP contribution in [0.4, 0.5) is 0 Å². The van der Waals surface area contributed by atoms with Crippen LogP contribution in [0.1, 0.15) is 6.42 Å². The molecule has 1 aliphatic carbocycles. The molecule has 89 valence electrons. The number of hydrogen-bond donors (Lipinski definition) is 0. The van der Waals surface area contributed by atoms with Crippen LogP contribution < -0.4 is 0 Å². The van der Waals surface area contributed by atoms with Gasteiger partial charge in [0.25, 0.3) is 0 Å². The SMILES string of the molecule is [Br][Rh][Br].[C-]1=CC=CC1.[CH3-].[CH3-].[CH3-].[CH3-].[CH3-]. The van der Waals surface area contributed by atoms with Gasteiger partial charge in [-0.1, -0.05) is 0 Å². The standard InChI is InChI=1S/C5H5.5CH3.2BrH.Rh/c1-2-4-5-3-1;;;;;;;;/h1-3H,4H2;5*1H3;2*1H;/q6*-1;;;+2/p-2. The van der Waals surface area contributed by atoms with E-state index in [-0.39, 0.29) is 37.1 Å². The van der Waals surface area contributed by atoms with E-state index < -0.39 is 0 Å². The van der Waals surface area contributed by atoms with Crippen molar-refractivity contribution in [3.8, 4) is 0 Å². The van der Waals surface area contributed by atoms with E-state index >= 15 is 0 Å². The van der Waals surface area contributed by atoms with Gasteiger partial charge in [0.2, 0.25) is 0 Å². The van der Waals surface area contributed by atoms with Crippen molar-refractivity contribution < 1.29 is 13.2 Å². The van der Waals surface area contributed by atoms with Crippen molar-refractivity contribution in [2.24, 2.45) is 0 Å². The van der Waals surface area contributed by atoms with Crippen molar-refractivity contribution in [3.05, 3.63) is 61.4 Å².